The third kappa shape index (κ3) is 5.48. The molecule has 3 aromatic rings. The number of benzene rings is 3. The van der Waals surface area contributed by atoms with Crippen molar-refractivity contribution in [2.75, 3.05) is 7.05 Å². The Bertz CT molecular complexity index is 1100. The summed E-state index contributed by atoms with van der Waals surface area (Å²) in [6.45, 7) is 8.74. The molecule has 0 unspecified atom stereocenters. The van der Waals surface area contributed by atoms with Gasteiger partial charge in [-0.1, -0.05) is 55.1 Å². The first-order valence-corrected chi connectivity index (χ1v) is 10.2. The van der Waals surface area contributed by atoms with Crippen LogP contribution in [0.3, 0.4) is 0 Å². The van der Waals surface area contributed by atoms with E-state index in [-0.39, 0.29) is 5.91 Å². The summed E-state index contributed by atoms with van der Waals surface area (Å²) in [4.78, 5) is 25.8. The molecule has 0 N–H and O–H groups in total. The van der Waals surface area contributed by atoms with Gasteiger partial charge in [0, 0.05) is 30.3 Å². The van der Waals surface area contributed by atoms with E-state index in [0.717, 1.165) is 34.1 Å². The van der Waals surface area contributed by atoms with E-state index in [9.17, 15) is 9.59 Å². The summed E-state index contributed by atoms with van der Waals surface area (Å²) in [6, 6.07) is 21.0. The molecule has 0 radical (unpaired) electrons. The summed E-state index contributed by atoms with van der Waals surface area (Å²) >= 11 is 0. The van der Waals surface area contributed by atoms with Crippen LogP contribution in [0.2, 0.25) is 0 Å². The van der Waals surface area contributed by atoms with Gasteiger partial charge in [-0.3, -0.25) is 9.59 Å². The fraction of sp³-hybridized carbons (Fsp3) is 0.185. The molecule has 31 heavy (non-hydrogen) atoms. The van der Waals surface area contributed by atoms with Crippen LogP contribution in [0.15, 0.2) is 73.3 Å². The van der Waals surface area contributed by atoms with Crippen molar-refractivity contribution in [2.24, 2.45) is 0 Å². The molecule has 0 heterocycles. The molecule has 0 saturated carbocycles. The molecule has 4 heteroatoms. The highest BCUT2D eigenvalue weighted by Gasteiger charge is 2.18. The van der Waals surface area contributed by atoms with Crippen molar-refractivity contribution in [1.82, 2.24) is 4.90 Å². The summed E-state index contributed by atoms with van der Waals surface area (Å²) in [7, 11) is 1.76. The smallest absolute Gasteiger partial charge is 0.254 e. The Morgan fingerprint density at radius 1 is 1.00 bits per heavy atom. The van der Waals surface area contributed by atoms with E-state index in [1.54, 1.807) is 24.1 Å². The van der Waals surface area contributed by atoms with Crippen LogP contribution in [0, 0.1) is 6.92 Å². The molecule has 0 aliphatic rings. The van der Waals surface area contributed by atoms with Gasteiger partial charge in [0.15, 0.2) is 0 Å². The standard InChI is InChI=1S/C27H27NO3/c1-19(2)24-15-25(20(3)13-26(24)31-18-21-9-6-5-7-10-21)27(30)28(4)16-22-11-8-12-23(14-22)17-29/h5-15,17H,1,16,18H2,2-4H3. The van der Waals surface area contributed by atoms with Gasteiger partial charge >= 0.3 is 0 Å². The fourth-order valence-corrected chi connectivity index (χ4v) is 3.42. The highest BCUT2D eigenvalue weighted by molar-refractivity contribution is 5.97. The maximum atomic E-state index is 13.2. The van der Waals surface area contributed by atoms with Gasteiger partial charge in [0.05, 0.1) is 0 Å². The van der Waals surface area contributed by atoms with Crippen molar-refractivity contribution in [2.45, 2.75) is 27.0 Å². The van der Waals surface area contributed by atoms with Crippen molar-refractivity contribution in [3.05, 3.63) is 107 Å². The molecule has 0 atom stereocenters. The largest absolute Gasteiger partial charge is 0.488 e. The minimum atomic E-state index is -0.0916. The number of nitrogens with zero attached hydrogens (tertiary/aromatic N) is 1. The van der Waals surface area contributed by atoms with Gasteiger partial charge in [0.2, 0.25) is 0 Å². The first-order valence-electron chi connectivity index (χ1n) is 10.2. The Morgan fingerprint density at radius 3 is 2.39 bits per heavy atom. The fourth-order valence-electron chi connectivity index (χ4n) is 3.42. The van der Waals surface area contributed by atoms with Crippen molar-refractivity contribution in [3.63, 3.8) is 0 Å². The SMILES string of the molecule is C=C(C)c1cc(C(=O)N(C)Cc2cccc(C=O)c2)c(C)cc1OCc1ccccc1. The van der Waals surface area contributed by atoms with Gasteiger partial charge in [-0.15, -0.1) is 0 Å². The molecule has 3 rings (SSSR count). The maximum Gasteiger partial charge on any atom is 0.254 e. The maximum absolute atomic E-state index is 13.2. The molecule has 3 aromatic carbocycles. The van der Waals surface area contributed by atoms with Crippen molar-refractivity contribution in [1.29, 1.82) is 0 Å². The van der Waals surface area contributed by atoms with Gasteiger partial charge in [0.1, 0.15) is 18.6 Å². The first kappa shape index (κ1) is 22.0. The lowest BCUT2D eigenvalue weighted by molar-refractivity contribution is 0.0784. The number of aryl methyl sites for hydroxylation is 1. The van der Waals surface area contributed by atoms with E-state index in [1.807, 2.05) is 68.4 Å². The van der Waals surface area contributed by atoms with Gasteiger partial charge in [0.25, 0.3) is 5.91 Å². The van der Waals surface area contributed by atoms with E-state index in [0.29, 0.717) is 30.0 Å². The summed E-state index contributed by atoms with van der Waals surface area (Å²) in [5.74, 6) is 0.623. The highest BCUT2D eigenvalue weighted by atomic mass is 16.5. The van der Waals surface area contributed by atoms with Crippen LogP contribution in [0.1, 0.15) is 49.9 Å². The minimum absolute atomic E-state index is 0.0916. The minimum Gasteiger partial charge on any atom is -0.488 e. The number of ether oxygens (including phenoxy) is 1. The average molecular weight is 414 g/mol. The zero-order valence-corrected chi connectivity index (χ0v) is 18.2. The van der Waals surface area contributed by atoms with Crippen molar-refractivity contribution >= 4 is 17.8 Å². The lowest BCUT2D eigenvalue weighted by atomic mass is 9.99. The number of carbonyl (C=O) groups excluding carboxylic acids is 2. The molecule has 1 amide bonds. The highest BCUT2D eigenvalue weighted by Crippen LogP contribution is 2.30. The van der Waals surface area contributed by atoms with Crippen LogP contribution >= 0.6 is 0 Å². The number of amides is 1. The van der Waals surface area contributed by atoms with Crippen LogP contribution in [0.5, 0.6) is 5.75 Å². The third-order valence-electron chi connectivity index (χ3n) is 5.11. The van der Waals surface area contributed by atoms with Crippen molar-refractivity contribution < 1.29 is 14.3 Å². The van der Waals surface area contributed by atoms with Gasteiger partial charge in [-0.25, -0.2) is 0 Å². The quantitative estimate of drug-likeness (QED) is 0.446. The number of carbonyl (C=O) groups is 2. The molecule has 158 valence electrons. The van der Waals surface area contributed by atoms with Gasteiger partial charge in [-0.2, -0.15) is 0 Å². The molecule has 0 bridgehead atoms. The first-order chi connectivity index (χ1) is 14.9. The second kappa shape index (κ2) is 9.90. The van der Waals surface area contributed by atoms with Crippen molar-refractivity contribution in [3.8, 4) is 5.75 Å². The van der Waals surface area contributed by atoms with Crippen LogP contribution < -0.4 is 4.74 Å². The topological polar surface area (TPSA) is 46.6 Å². The molecule has 0 aliphatic carbocycles. The summed E-state index contributed by atoms with van der Waals surface area (Å²) < 4.78 is 6.06. The number of hydrogen-bond acceptors (Lipinski definition) is 3. The van der Waals surface area contributed by atoms with E-state index in [4.69, 9.17) is 4.74 Å². The van der Waals surface area contributed by atoms with Crippen LogP contribution in [-0.2, 0) is 13.2 Å². The monoisotopic (exact) mass is 413 g/mol. The predicted octanol–water partition coefficient (Wildman–Crippen LogP) is 5.69. The second-order valence-corrected chi connectivity index (χ2v) is 7.74. The van der Waals surface area contributed by atoms with Crippen LogP contribution in [0.25, 0.3) is 5.57 Å². The van der Waals surface area contributed by atoms with E-state index in [1.165, 1.54) is 0 Å². The lowest BCUT2D eigenvalue weighted by Crippen LogP contribution is -2.27. The number of rotatable bonds is 8. The summed E-state index contributed by atoms with van der Waals surface area (Å²) in [6.07, 6.45) is 0.808. The Hall–Kier alpha value is -3.66. The zero-order chi connectivity index (χ0) is 22.4. The van der Waals surface area contributed by atoms with Crippen LogP contribution in [-0.4, -0.2) is 24.1 Å². The zero-order valence-electron chi connectivity index (χ0n) is 18.2. The lowest BCUT2D eigenvalue weighted by Gasteiger charge is -2.21. The summed E-state index contributed by atoms with van der Waals surface area (Å²) in [5, 5.41) is 0. The third-order valence-corrected chi connectivity index (χ3v) is 5.11. The van der Waals surface area contributed by atoms with Gasteiger partial charge in [-0.05, 0) is 54.3 Å². The van der Waals surface area contributed by atoms with E-state index in [2.05, 4.69) is 6.58 Å². The van der Waals surface area contributed by atoms with Gasteiger partial charge < -0.3 is 9.64 Å². The molecule has 4 nitrogen and oxygen atoms in total. The average Bonchev–Trinajstić information content (AvgIpc) is 2.77. The molecular weight excluding hydrogens is 386 g/mol. The number of allylic oxidation sites excluding steroid dienone is 1. The Balaban J connectivity index is 1.82. The Morgan fingerprint density at radius 2 is 1.71 bits per heavy atom. The molecule has 0 aromatic heterocycles. The molecule has 0 aliphatic heterocycles. The number of aldehydes is 1. The number of hydrogen-bond donors (Lipinski definition) is 0. The Kier molecular flexibility index (Phi) is 7.03. The molecular formula is C27H27NO3. The predicted molar refractivity (Wildman–Crippen MR) is 124 cm³/mol. The molecule has 0 saturated heterocycles. The molecule has 0 spiro atoms. The molecule has 0 fully saturated rings. The van der Waals surface area contributed by atoms with Crippen LogP contribution in [0.4, 0.5) is 0 Å². The normalized spacial score (nSPS) is 10.4. The summed E-state index contributed by atoms with van der Waals surface area (Å²) in [5.41, 5.74) is 5.68. The van der Waals surface area contributed by atoms with E-state index < -0.39 is 0 Å². The van der Waals surface area contributed by atoms with E-state index >= 15 is 0 Å². The second-order valence-electron chi connectivity index (χ2n) is 7.74. The Labute approximate surface area is 183 Å².